The third-order valence-corrected chi connectivity index (χ3v) is 5.50. The lowest BCUT2D eigenvalue weighted by Crippen LogP contribution is -2.49. The molecule has 1 unspecified atom stereocenters. The molecule has 1 aliphatic carbocycles. The van der Waals surface area contributed by atoms with Crippen LogP contribution in [0.1, 0.15) is 37.8 Å². The first-order chi connectivity index (χ1) is 10.3. The summed E-state index contributed by atoms with van der Waals surface area (Å²) in [5.41, 5.74) is 0.489. The molecule has 1 fully saturated rings. The smallest absolute Gasteiger partial charge is 0.229 e. The maximum absolute atomic E-state index is 12.5. The SMILES string of the molecule is COCC1(C(=O)NC(C)c2ccc(S(C)(=O)=O)cc2)CCC1. The van der Waals surface area contributed by atoms with E-state index in [1.54, 1.807) is 31.4 Å². The van der Waals surface area contributed by atoms with Crippen LogP contribution in [0.5, 0.6) is 0 Å². The first-order valence-electron chi connectivity index (χ1n) is 7.38. The lowest BCUT2D eigenvalue weighted by Gasteiger charge is -2.40. The normalized spacial score (nSPS) is 18.3. The van der Waals surface area contributed by atoms with Crippen LogP contribution in [-0.2, 0) is 19.4 Å². The summed E-state index contributed by atoms with van der Waals surface area (Å²) in [6.07, 6.45) is 3.94. The first-order valence-corrected chi connectivity index (χ1v) is 9.27. The fourth-order valence-corrected chi connectivity index (χ4v) is 3.38. The zero-order chi connectivity index (χ0) is 16.4. The Balaban J connectivity index is 2.06. The third kappa shape index (κ3) is 3.50. The molecule has 1 aromatic carbocycles. The van der Waals surface area contributed by atoms with Crippen molar-refractivity contribution < 1.29 is 17.9 Å². The van der Waals surface area contributed by atoms with Gasteiger partial charge in [0.25, 0.3) is 0 Å². The Labute approximate surface area is 132 Å². The monoisotopic (exact) mass is 325 g/mol. The molecular formula is C16H23NO4S. The van der Waals surface area contributed by atoms with Crippen LogP contribution in [0.2, 0.25) is 0 Å². The Morgan fingerprint density at radius 3 is 2.32 bits per heavy atom. The maximum atomic E-state index is 12.5. The highest BCUT2D eigenvalue weighted by atomic mass is 32.2. The van der Waals surface area contributed by atoms with Crippen LogP contribution in [0.15, 0.2) is 29.2 Å². The molecule has 1 atom stereocenters. The number of nitrogens with one attached hydrogen (secondary N) is 1. The van der Waals surface area contributed by atoms with Gasteiger partial charge in [0.1, 0.15) is 0 Å². The quantitative estimate of drug-likeness (QED) is 0.869. The average Bonchev–Trinajstić information content (AvgIpc) is 2.41. The second kappa shape index (κ2) is 6.38. The van der Waals surface area contributed by atoms with E-state index in [9.17, 15) is 13.2 Å². The molecule has 6 heteroatoms. The van der Waals surface area contributed by atoms with Crippen LogP contribution >= 0.6 is 0 Å². The summed E-state index contributed by atoms with van der Waals surface area (Å²) in [4.78, 5) is 12.7. The molecule has 0 spiro atoms. The number of carbonyl (C=O) groups is 1. The highest BCUT2D eigenvalue weighted by molar-refractivity contribution is 7.90. The lowest BCUT2D eigenvalue weighted by atomic mass is 9.68. The van der Waals surface area contributed by atoms with Crippen molar-refractivity contribution in [2.24, 2.45) is 5.41 Å². The summed E-state index contributed by atoms with van der Waals surface area (Å²) in [5, 5.41) is 3.01. The number of carbonyl (C=O) groups excluding carboxylic acids is 1. The number of rotatable bonds is 6. The van der Waals surface area contributed by atoms with Crippen molar-refractivity contribution in [2.75, 3.05) is 20.0 Å². The van der Waals surface area contributed by atoms with Gasteiger partial charge in [-0.2, -0.15) is 0 Å². The Morgan fingerprint density at radius 1 is 1.32 bits per heavy atom. The van der Waals surface area contributed by atoms with Crippen molar-refractivity contribution >= 4 is 15.7 Å². The summed E-state index contributed by atoms with van der Waals surface area (Å²) in [6.45, 7) is 2.34. The molecule has 1 amide bonds. The van der Waals surface area contributed by atoms with E-state index in [1.165, 1.54) is 6.26 Å². The molecule has 5 nitrogen and oxygen atoms in total. The van der Waals surface area contributed by atoms with Crippen molar-refractivity contribution in [1.29, 1.82) is 0 Å². The van der Waals surface area contributed by atoms with Crippen LogP contribution in [-0.4, -0.2) is 34.3 Å². The third-order valence-electron chi connectivity index (χ3n) is 4.37. The molecule has 0 radical (unpaired) electrons. The average molecular weight is 325 g/mol. The number of benzene rings is 1. The van der Waals surface area contributed by atoms with Gasteiger partial charge < -0.3 is 10.1 Å². The highest BCUT2D eigenvalue weighted by Crippen LogP contribution is 2.41. The first kappa shape index (κ1) is 17.0. The van der Waals surface area contributed by atoms with Gasteiger partial charge in [0, 0.05) is 13.4 Å². The zero-order valence-electron chi connectivity index (χ0n) is 13.3. The summed E-state index contributed by atoms with van der Waals surface area (Å²) in [7, 11) is -1.59. The van der Waals surface area contributed by atoms with E-state index in [-0.39, 0.29) is 16.8 Å². The zero-order valence-corrected chi connectivity index (χ0v) is 14.1. The van der Waals surface area contributed by atoms with E-state index in [4.69, 9.17) is 4.74 Å². The predicted octanol–water partition coefficient (Wildman–Crippen LogP) is 2.08. The maximum Gasteiger partial charge on any atom is 0.229 e. The molecule has 0 heterocycles. The van der Waals surface area contributed by atoms with Gasteiger partial charge >= 0.3 is 0 Å². The Morgan fingerprint density at radius 2 is 1.91 bits per heavy atom. The summed E-state index contributed by atoms with van der Waals surface area (Å²) in [6, 6.07) is 6.45. The van der Waals surface area contributed by atoms with Gasteiger partial charge in [-0.05, 0) is 37.5 Å². The number of methoxy groups -OCH3 is 1. The fraction of sp³-hybridized carbons (Fsp3) is 0.562. The van der Waals surface area contributed by atoms with Gasteiger partial charge in [0.15, 0.2) is 9.84 Å². The number of amides is 1. The molecule has 22 heavy (non-hydrogen) atoms. The Bertz CT molecular complexity index is 633. The summed E-state index contributed by atoms with van der Waals surface area (Å²) < 4.78 is 28.1. The second-order valence-corrected chi connectivity index (χ2v) is 8.12. The summed E-state index contributed by atoms with van der Waals surface area (Å²) in [5.74, 6) is 0.0142. The van der Waals surface area contributed by atoms with E-state index >= 15 is 0 Å². The van der Waals surface area contributed by atoms with Gasteiger partial charge in [-0.3, -0.25) is 4.79 Å². The van der Waals surface area contributed by atoms with E-state index in [0.29, 0.717) is 6.61 Å². The minimum absolute atomic E-state index is 0.0142. The Hall–Kier alpha value is -1.40. The minimum atomic E-state index is -3.20. The molecule has 1 saturated carbocycles. The van der Waals surface area contributed by atoms with Crippen LogP contribution in [0.4, 0.5) is 0 Å². The van der Waals surface area contributed by atoms with Crippen molar-refractivity contribution in [3.8, 4) is 0 Å². The van der Waals surface area contributed by atoms with Gasteiger partial charge in [-0.1, -0.05) is 18.6 Å². The second-order valence-electron chi connectivity index (χ2n) is 6.10. The standard InChI is InChI=1S/C16H23NO4S/c1-12(13-5-7-14(8-6-13)22(3,19)20)17-15(18)16(11-21-2)9-4-10-16/h5-8,12H,4,9-11H2,1-3H3,(H,17,18). The molecule has 0 aliphatic heterocycles. The minimum Gasteiger partial charge on any atom is -0.384 e. The molecule has 2 rings (SSSR count). The fourth-order valence-electron chi connectivity index (χ4n) is 2.75. The number of hydrogen-bond donors (Lipinski definition) is 1. The van der Waals surface area contributed by atoms with Crippen molar-refractivity contribution in [3.05, 3.63) is 29.8 Å². The van der Waals surface area contributed by atoms with E-state index in [0.717, 1.165) is 24.8 Å². The highest BCUT2D eigenvalue weighted by Gasteiger charge is 2.44. The topological polar surface area (TPSA) is 72.5 Å². The Kier molecular flexibility index (Phi) is 4.92. The number of ether oxygens (including phenoxy) is 1. The van der Waals surface area contributed by atoms with Gasteiger partial charge in [0.2, 0.25) is 5.91 Å². The molecule has 1 aliphatic rings. The van der Waals surface area contributed by atoms with Crippen LogP contribution < -0.4 is 5.32 Å². The van der Waals surface area contributed by atoms with Gasteiger partial charge in [-0.25, -0.2) is 8.42 Å². The van der Waals surface area contributed by atoms with E-state index in [1.807, 2.05) is 6.92 Å². The molecule has 1 N–H and O–H groups in total. The number of hydrogen-bond acceptors (Lipinski definition) is 4. The largest absolute Gasteiger partial charge is 0.384 e. The van der Waals surface area contributed by atoms with Crippen molar-refractivity contribution in [3.63, 3.8) is 0 Å². The van der Waals surface area contributed by atoms with Crippen molar-refractivity contribution in [1.82, 2.24) is 5.32 Å². The van der Waals surface area contributed by atoms with E-state index < -0.39 is 15.3 Å². The molecule has 0 aromatic heterocycles. The van der Waals surface area contributed by atoms with Crippen LogP contribution in [0, 0.1) is 5.41 Å². The molecule has 122 valence electrons. The van der Waals surface area contributed by atoms with Crippen LogP contribution in [0.25, 0.3) is 0 Å². The number of sulfone groups is 1. The predicted molar refractivity (Wildman–Crippen MR) is 84.3 cm³/mol. The molecule has 1 aromatic rings. The summed E-state index contributed by atoms with van der Waals surface area (Å²) >= 11 is 0. The molecule has 0 bridgehead atoms. The molecular weight excluding hydrogens is 302 g/mol. The van der Waals surface area contributed by atoms with E-state index in [2.05, 4.69) is 5.32 Å². The van der Waals surface area contributed by atoms with Crippen LogP contribution in [0.3, 0.4) is 0 Å². The lowest BCUT2D eigenvalue weighted by molar-refractivity contribution is -0.141. The molecule has 0 saturated heterocycles. The van der Waals surface area contributed by atoms with Gasteiger partial charge in [-0.15, -0.1) is 0 Å². The van der Waals surface area contributed by atoms with Gasteiger partial charge in [0.05, 0.1) is 23.0 Å². The van der Waals surface area contributed by atoms with Crippen molar-refractivity contribution in [2.45, 2.75) is 37.1 Å².